The molecule has 0 atom stereocenters. The molecule has 3 rings (SSSR count). The molecule has 1 saturated heterocycles. The molecule has 0 radical (unpaired) electrons. The van der Waals surface area contributed by atoms with Crippen LogP contribution in [0.2, 0.25) is 15.1 Å². The van der Waals surface area contributed by atoms with E-state index in [9.17, 15) is 14.4 Å². The fraction of sp³-hybridized carbons (Fsp3) is 0.190. The van der Waals surface area contributed by atoms with Gasteiger partial charge in [0, 0.05) is 15.6 Å². The molecule has 1 N–H and O–H groups in total. The lowest BCUT2D eigenvalue weighted by atomic mass is 10.0. The number of carbonyl (C=O) groups is 3. The predicted molar refractivity (Wildman–Crippen MR) is 117 cm³/mol. The molecule has 156 valence electrons. The number of amides is 4. The second-order valence-corrected chi connectivity index (χ2v) is 7.82. The average molecular weight is 468 g/mol. The van der Waals surface area contributed by atoms with Gasteiger partial charge in [-0.05, 0) is 49.2 Å². The van der Waals surface area contributed by atoms with E-state index in [1.54, 1.807) is 19.1 Å². The van der Waals surface area contributed by atoms with Crippen molar-refractivity contribution in [1.29, 1.82) is 0 Å². The highest BCUT2D eigenvalue weighted by atomic mass is 35.5. The van der Waals surface area contributed by atoms with E-state index in [1.165, 1.54) is 24.3 Å². The number of barbiturate groups is 1. The summed E-state index contributed by atoms with van der Waals surface area (Å²) in [7, 11) is 0. The summed E-state index contributed by atoms with van der Waals surface area (Å²) in [6.45, 7) is 4.03. The van der Waals surface area contributed by atoms with Gasteiger partial charge in [-0.15, -0.1) is 0 Å². The minimum atomic E-state index is -0.862. The van der Waals surface area contributed by atoms with Gasteiger partial charge in [0.1, 0.15) is 11.3 Å². The zero-order valence-corrected chi connectivity index (χ0v) is 18.4. The highest BCUT2D eigenvalue weighted by Gasteiger charge is 2.37. The van der Waals surface area contributed by atoms with Crippen LogP contribution in [-0.4, -0.2) is 24.5 Å². The van der Waals surface area contributed by atoms with Crippen molar-refractivity contribution in [3.63, 3.8) is 0 Å². The first-order valence-electron chi connectivity index (χ1n) is 9.02. The summed E-state index contributed by atoms with van der Waals surface area (Å²) < 4.78 is 5.68. The van der Waals surface area contributed by atoms with Crippen molar-refractivity contribution in [1.82, 2.24) is 5.32 Å². The van der Waals surface area contributed by atoms with Gasteiger partial charge in [0.05, 0.1) is 17.3 Å². The first kappa shape index (κ1) is 22.2. The van der Waals surface area contributed by atoms with Gasteiger partial charge in [0.15, 0.2) is 0 Å². The van der Waals surface area contributed by atoms with E-state index in [1.807, 2.05) is 6.92 Å². The average Bonchev–Trinajstić information content (AvgIpc) is 2.67. The third-order valence-electron chi connectivity index (χ3n) is 4.30. The van der Waals surface area contributed by atoms with Crippen LogP contribution in [0.15, 0.2) is 35.9 Å². The highest BCUT2D eigenvalue weighted by Crippen LogP contribution is 2.35. The topological polar surface area (TPSA) is 75.7 Å². The normalized spacial score (nSPS) is 15.6. The summed E-state index contributed by atoms with van der Waals surface area (Å²) in [5.41, 5.74) is 0.981. The molecular formula is C21H17Cl3N2O4. The quantitative estimate of drug-likeness (QED) is 0.471. The minimum Gasteiger partial charge on any atom is -0.491 e. The number of anilines is 1. The van der Waals surface area contributed by atoms with Crippen LogP contribution in [0, 0.1) is 6.92 Å². The Morgan fingerprint density at radius 1 is 1.07 bits per heavy atom. The Hall–Kier alpha value is -2.54. The molecule has 2 aromatic rings. The molecule has 30 heavy (non-hydrogen) atoms. The van der Waals surface area contributed by atoms with Crippen LogP contribution in [0.5, 0.6) is 5.75 Å². The van der Waals surface area contributed by atoms with E-state index in [0.29, 0.717) is 33.5 Å². The maximum atomic E-state index is 13.1. The van der Waals surface area contributed by atoms with Crippen molar-refractivity contribution in [2.75, 3.05) is 11.5 Å². The second kappa shape index (κ2) is 9.08. The Balaban J connectivity index is 2.11. The van der Waals surface area contributed by atoms with Crippen LogP contribution in [0.1, 0.15) is 24.5 Å². The van der Waals surface area contributed by atoms with Crippen molar-refractivity contribution >= 4 is 64.4 Å². The van der Waals surface area contributed by atoms with Crippen LogP contribution >= 0.6 is 34.8 Å². The van der Waals surface area contributed by atoms with E-state index in [0.717, 1.165) is 11.3 Å². The number of urea groups is 1. The SMILES string of the molecule is CCCOc1c(Cl)cc(Cl)cc1/C=C1\C(=O)NC(=O)N(c2cc(Cl)ccc2C)C1=O. The molecular weight excluding hydrogens is 451 g/mol. The lowest BCUT2D eigenvalue weighted by Crippen LogP contribution is -2.54. The number of nitrogens with zero attached hydrogens (tertiary/aromatic N) is 1. The summed E-state index contributed by atoms with van der Waals surface area (Å²) in [6, 6.07) is 6.96. The Kier molecular flexibility index (Phi) is 6.71. The van der Waals surface area contributed by atoms with Gasteiger partial charge >= 0.3 is 6.03 Å². The second-order valence-electron chi connectivity index (χ2n) is 6.54. The first-order valence-corrected chi connectivity index (χ1v) is 10.2. The molecule has 0 unspecified atom stereocenters. The van der Waals surface area contributed by atoms with Crippen molar-refractivity contribution < 1.29 is 19.1 Å². The van der Waals surface area contributed by atoms with Gasteiger partial charge in [-0.25, -0.2) is 9.69 Å². The molecule has 0 aliphatic carbocycles. The van der Waals surface area contributed by atoms with Gasteiger partial charge < -0.3 is 4.74 Å². The standard InChI is InChI=1S/C21H17Cl3N2O4/c1-3-6-30-18-12(7-14(23)9-16(18)24)8-15-19(27)25-21(29)26(20(15)28)17-10-13(22)5-4-11(17)2/h4-5,7-10H,3,6H2,1-2H3,(H,25,27,29)/b15-8+. The van der Waals surface area contributed by atoms with E-state index < -0.39 is 17.8 Å². The molecule has 1 aliphatic rings. The monoisotopic (exact) mass is 466 g/mol. The van der Waals surface area contributed by atoms with E-state index >= 15 is 0 Å². The van der Waals surface area contributed by atoms with Crippen molar-refractivity contribution in [2.24, 2.45) is 0 Å². The number of hydrogen-bond acceptors (Lipinski definition) is 4. The van der Waals surface area contributed by atoms with Gasteiger partial charge in [0.25, 0.3) is 11.8 Å². The predicted octanol–water partition coefficient (Wildman–Crippen LogP) is 5.41. The smallest absolute Gasteiger partial charge is 0.335 e. The maximum absolute atomic E-state index is 13.1. The van der Waals surface area contributed by atoms with Crippen molar-refractivity contribution in [3.05, 3.63) is 62.1 Å². The summed E-state index contributed by atoms with van der Waals surface area (Å²) in [5.74, 6) is -1.34. The molecule has 1 fully saturated rings. The number of halogens is 3. The van der Waals surface area contributed by atoms with Gasteiger partial charge in [-0.2, -0.15) is 0 Å². The fourth-order valence-corrected chi connectivity index (χ4v) is 3.63. The number of carbonyl (C=O) groups excluding carboxylic acids is 3. The lowest BCUT2D eigenvalue weighted by Gasteiger charge is -2.27. The van der Waals surface area contributed by atoms with Crippen LogP contribution < -0.4 is 15.0 Å². The number of nitrogens with one attached hydrogen (secondary N) is 1. The van der Waals surface area contributed by atoms with Gasteiger partial charge in [0.2, 0.25) is 0 Å². The minimum absolute atomic E-state index is 0.241. The number of benzene rings is 2. The molecule has 6 nitrogen and oxygen atoms in total. The molecule has 1 heterocycles. The zero-order valence-electron chi connectivity index (χ0n) is 16.1. The third kappa shape index (κ3) is 4.46. The molecule has 1 aliphatic heterocycles. The van der Waals surface area contributed by atoms with Crippen molar-refractivity contribution in [3.8, 4) is 5.75 Å². The number of hydrogen-bond donors (Lipinski definition) is 1. The molecule has 2 aromatic carbocycles. The van der Waals surface area contributed by atoms with Gasteiger partial charge in [-0.1, -0.05) is 47.8 Å². The lowest BCUT2D eigenvalue weighted by molar-refractivity contribution is -0.122. The largest absolute Gasteiger partial charge is 0.491 e. The van der Waals surface area contributed by atoms with Crippen LogP contribution in [0.25, 0.3) is 6.08 Å². The van der Waals surface area contributed by atoms with E-state index in [-0.39, 0.29) is 16.3 Å². The molecule has 4 amide bonds. The first-order chi connectivity index (χ1) is 14.2. The number of aryl methyl sites for hydroxylation is 1. The van der Waals surface area contributed by atoms with Crippen LogP contribution in [-0.2, 0) is 9.59 Å². The molecule has 9 heteroatoms. The Labute approximate surface area is 188 Å². The Bertz CT molecular complexity index is 1080. The maximum Gasteiger partial charge on any atom is 0.335 e. The summed E-state index contributed by atoms with van der Waals surface area (Å²) in [4.78, 5) is 38.9. The summed E-state index contributed by atoms with van der Waals surface area (Å²) in [5, 5.41) is 3.06. The summed E-state index contributed by atoms with van der Waals surface area (Å²) in [6.07, 6.45) is 2.03. The summed E-state index contributed by atoms with van der Waals surface area (Å²) >= 11 is 18.4. The number of ether oxygens (including phenoxy) is 1. The number of imide groups is 2. The number of rotatable bonds is 5. The fourth-order valence-electron chi connectivity index (χ4n) is 2.90. The van der Waals surface area contributed by atoms with Crippen LogP contribution in [0.4, 0.5) is 10.5 Å². The molecule has 0 bridgehead atoms. The molecule has 0 saturated carbocycles. The van der Waals surface area contributed by atoms with Gasteiger partial charge in [-0.3, -0.25) is 14.9 Å². The molecule has 0 spiro atoms. The van der Waals surface area contributed by atoms with Crippen molar-refractivity contribution in [2.45, 2.75) is 20.3 Å². The highest BCUT2D eigenvalue weighted by molar-refractivity contribution is 6.40. The van der Waals surface area contributed by atoms with Crippen LogP contribution in [0.3, 0.4) is 0 Å². The Morgan fingerprint density at radius 2 is 1.80 bits per heavy atom. The zero-order chi connectivity index (χ0) is 22.0. The van der Waals surface area contributed by atoms with E-state index in [2.05, 4.69) is 5.32 Å². The third-order valence-corrected chi connectivity index (χ3v) is 5.04. The Morgan fingerprint density at radius 3 is 2.50 bits per heavy atom. The molecule has 0 aromatic heterocycles. The van der Waals surface area contributed by atoms with E-state index in [4.69, 9.17) is 39.5 Å².